The number of nitrogens with zero attached hydrogens (tertiary/aromatic N) is 1. The van der Waals surface area contributed by atoms with Crippen LogP contribution in [0.15, 0.2) is 30.3 Å². The molecule has 3 aliphatic rings. The molecule has 1 N–H and O–H groups in total. The lowest BCUT2D eigenvalue weighted by molar-refractivity contribution is -0.135. The molecule has 1 amide bonds. The molecule has 4 nitrogen and oxygen atoms in total. The molecule has 0 aromatic heterocycles. The van der Waals surface area contributed by atoms with Gasteiger partial charge >= 0.3 is 0 Å². The Kier molecular flexibility index (Phi) is 7.11. The molecule has 1 heterocycles. The summed E-state index contributed by atoms with van der Waals surface area (Å²) in [6.07, 6.45) is 15.3. The molecule has 1 aromatic carbocycles. The number of amides is 1. The first-order valence-electron chi connectivity index (χ1n) is 11.8. The lowest BCUT2D eigenvalue weighted by Gasteiger charge is -2.34. The van der Waals surface area contributed by atoms with Crippen LogP contribution in [0.1, 0.15) is 56.4 Å². The molecule has 2 saturated carbocycles. The molecule has 4 rings (SSSR count). The topological polar surface area (TPSA) is 41.6 Å². The smallest absolute Gasteiger partial charge is 0.226 e. The summed E-state index contributed by atoms with van der Waals surface area (Å²) in [6, 6.07) is 11.5. The van der Waals surface area contributed by atoms with Gasteiger partial charge in [0.1, 0.15) is 0 Å². The van der Waals surface area contributed by atoms with Crippen molar-refractivity contribution in [1.29, 1.82) is 0 Å². The van der Waals surface area contributed by atoms with E-state index in [1.54, 1.807) is 0 Å². The SMILES string of the molecule is CS(C)(C)CNC1CCN(C(=O)C2CC2)C1COC1CCC(c2ccccc2)CC1. The number of carbonyl (C=O) groups is 1. The molecule has 2 aliphatic carbocycles. The van der Waals surface area contributed by atoms with Crippen molar-refractivity contribution in [2.75, 3.05) is 37.8 Å². The van der Waals surface area contributed by atoms with Gasteiger partial charge in [-0.1, -0.05) is 30.3 Å². The summed E-state index contributed by atoms with van der Waals surface area (Å²) in [5, 5.41) is 3.80. The fourth-order valence-corrected chi connectivity index (χ4v) is 5.73. The number of carbonyl (C=O) groups excluding carboxylic acids is 1. The van der Waals surface area contributed by atoms with Gasteiger partial charge in [-0.25, -0.2) is 10.0 Å². The lowest BCUT2D eigenvalue weighted by atomic mass is 9.83. The molecule has 1 aliphatic heterocycles. The highest BCUT2D eigenvalue weighted by molar-refractivity contribution is 8.32. The van der Waals surface area contributed by atoms with Crippen molar-refractivity contribution in [2.24, 2.45) is 5.92 Å². The molecule has 30 heavy (non-hydrogen) atoms. The second kappa shape index (κ2) is 9.62. The number of ether oxygens (including phenoxy) is 1. The number of hydrogen-bond donors (Lipinski definition) is 1. The van der Waals surface area contributed by atoms with Crippen molar-refractivity contribution in [3.05, 3.63) is 35.9 Å². The standard InChI is InChI=1S/C25H40N2O2S/c1-30(2,3)18-26-23-15-16-27(25(28)21-9-10-21)24(23)17-29-22-13-11-20(12-14-22)19-7-5-4-6-8-19/h4-8,20-24,26H,9-18H2,1-3H3. The fourth-order valence-electron chi connectivity index (χ4n) is 5.02. The van der Waals surface area contributed by atoms with Crippen LogP contribution in [0.5, 0.6) is 0 Å². The van der Waals surface area contributed by atoms with Crippen molar-refractivity contribution in [1.82, 2.24) is 10.2 Å². The molecule has 168 valence electrons. The van der Waals surface area contributed by atoms with Gasteiger partial charge in [-0.15, -0.1) is 0 Å². The Morgan fingerprint density at radius 1 is 1.03 bits per heavy atom. The first kappa shape index (κ1) is 22.2. The van der Waals surface area contributed by atoms with E-state index in [2.05, 4.69) is 59.3 Å². The van der Waals surface area contributed by atoms with Crippen molar-refractivity contribution in [3.63, 3.8) is 0 Å². The minimum atomic E-state index is -0.600. The second-order valence-electron chi connectivity index (χ2n) is 10.4. The van der Waals surface area contributed by atoms with Gasteiger partial charge in [0.2, 0.25) is 5.91 Å². The predicted octanol–water partition coefficient (Wildman–Crippen LogP) is 4.35. The highest BCUT2D eigenvalue weighted by atomic mass is 32.3. The zero-order valence-electron chi connectivity index (χ0n) is 19.0. The Hall–Kier alpha value is -1.04. The van der Waals surface area contributed by atoms with Crippen LogP contribution in [0.2, 0.25) is 0 Å². The fraction of sp³-hybridized carbons (Fsp3) is 0.720. The van der Waals surface area contributed by atoms with Crippen LogP contribution in [0.25, 0.3) is 0 Å². The summed E-state index contributed by atoms with van der Waals surface area (Å²) < 4.78 is 6.47. The molecule has 1 aromatic rings. The molecule has 0 bridgehead atoms. The van der Waals surface area contributed by atoms with E-state index in [-0.39, 0.29) is 6.04 Å². The maximum absolute atomic E-state index is 12.9. The molecule has 0 spiro atoms. The summed E-state index contributed by atoms with van der Waals surface area (Å²) in [4.78, 5) is 15.0. The van der Waals surface area contributed by atoms with Gasteiger partial charge in [0.05, 0.1) is 18.8 Å². The van der Waals surface area contributed by atoms with E-state index in [0.29, 0.717) is 36.5 Å². The van der Waals surface area contributed by atoms with E-state index < -0.39 is 10.0 Å². The summed E-state index contributed by atoms with van der Waals surface area (Å²) in [5.41, 5.74) is 1.47. The predicted molar refractivity (Wildman–Crippen MR) is 127 cm³/mol. The van der Waals surface area contributed by atoms with Crippen molar-refractivity contribution >= 4 is 15.9 Å². The Balaban J connectivity index is 1.31. The molecule has 0 radical (unpaired) electrons. The highest BCUT2D eigenvalue weighted by Crippen LogP contribution is 2.37. The summed E-state index contributed by atoms with van der Waals surface area (Å²) in [5.74, 6) is 2.40. The van der Waals surface area contributed by atoms with Gasteiger partial charge in [0.25, 0.3) is 0 Å². The van der Waals surface area contributed by atoms with Crippen LogP contribution in [0, 0.1) is 5.92 Å². The maximum Gasteiger partial charge on any atom is 0.226 e. The summed E-state index contributed by atoms with van der Waals surface area (Å²) in [6.45, 7) is 1.58. The second-order valence-corrected chi connectivity index (χ2v) is 14.9. The van der Waals surface area contributed by atoms with E-state index in [0.717, 1.165) is 44.5 Å². The van der Waals surface area contributed by atoms with Gasteiger partial charge in [-0.05, 0) is 75.2 Å². The Morgan fingerprint density at radius 3 is 2.37 bits per heavy atom. The zero-order chi connectivity index (χ0) is 21.1. The van der Waals surface area contributed by atoms with E-state index in [1.165, 1.54) is 18.4 Å². The average molecular weight is 433 g/mol. The van der Waals surface area contributed by atoms with Crippen LogP contribution in [0.3, 0.4) is 0 Å². The minimum absolute atomic E-state index is 0.201. The zero-order valence-corrected chi connectivity index (χ0v) is 19.8. The van der Waals surface area contributed by atoms with Crippen molar-refractivity contribution in [2.45, 2.75) is 69.1 Å². The normalized spacial score (nSPS) is 30.4. The molecule has 5 heteroatoms. The Morgan fingerprint density at radius 2 is 1.73 bits per heavy atom. The average Bonchev–Trinajstić information content (AvgIpc) is 3.51. The number of rotatable bonds is 8. The van der Waals surface area contributed by atoms with Crippen LogP contribution < -0.4 is 5.32 Å². The van der Waals surface area contributed by atoms with Gasteiger partial charge in [0, 0.05) is 24.4 Å². The van der Waals surface area contributed by atoms with Crippen LogP contribution in [-0.2, 0) is 9.53 Å². The Bertz CT molecular complexity index is 693. The van der Waals surface area contributed by atoms with Gasteiger partial charge in [-0.3, -0.25) is 4.79 Å². The number of nitrogens with one attached hydrogen (secondary N) is 1. The lowest BCUT2D eigenvalue weighted by Crippen LogP contribution is -2.49. The molecular formula is C25H40N2O2S. The van der Waals surface area contributed by atoms with E-state index >= 15 is 0 Å². The van der Waals surface area contributed by atoms with Crippen molar-refractivity contribution < 1.29 is 9.53 Å². The molecule has 1 saturated heterocycles. The molecule has 3 fully saturated rings. The largest absolute Gasteiger partial charge is 0.376 e. The van der Waals surface area contributed by atoms with Gasteiger partial charge < -0.3 is 15.0 Å². The number of benzene rings is 1. The van der Waals surface area contributed by atoms with Crippen molar-refractivity contribution in [3.8, 4) is 0 Å². The third-order valence-corrected chi connectivity index (χ3v) is 8.01. The third kappa shape index (κ3) is 5.80. The third-order valence-electron chi connectivity index (χ3n) is 6.98. The first-order chi connectivity index (χ1) is 14.4. The van der Waals surface area contributed by atoms with Gasteiger partial charge in [-0.2, -0.15) is 0 Å². The van der Waals surface area contributed by atoms with Crippen LogP contribution in [0.4, 0.5) is 0 Å². The maximum atomic E-state index is 12.9. The summed E-state index contributed by atoms with van der Waals surface area (Å²) >= 11 is 0. The summed E-state index contributed by atoms with van der Waals surface area (Å²) in [7, 11) is -0.600. The monoisotopic (exact) mass is 432 g/mol. The van der Waals surface area contributed by atoms with E-state index in [1.807, 2.05) is 0 Å². The van der Waals surface area contributed by atoms with Gasteiger partial charge in [0.15, 0.2) is 0 Å². The molecule has 2 atom stereocenters. The van der Waals surface area contributed by atoms with Crippen LogP contribution >= 0.6 is 10.0 Å². The van der Waals surface area contributed by atoms with Crippen LogP contribution in [-0.4, -0.2) is 66.8 Å². The number of likely N-dealkylation sites (tertiary alicyclic amines) is 1. The number of hydrogen-bond acceptors (Lipinski definition) is 3. The highest BCUT2D eigenvalue weighted by Gasteiger charge is 2.42. The Labute approximate surface area is 184 Å². The quantitative estimate of drug-likeness (QED) is 0.664. The van der Waals surface area contributed by atoms with E-state index in [9.17, 15) is 4.79 Å². The molecular weight excluding hydrogens is 392 g/mol. The first-order valence-corrected chi connectivity index (χ1v) is 14.8. The molecule has 2 unspecified atom stereocenters. The van der Waals surface area contributed by atoms with E-state index in [4.69, 9.17) is 4.74 Å². The minimum Gasteiger partial charge on any atom is -0.376 e.